The minimum atomic E-state index is -1.11. The summed E-state index contributed by atoms with van der Waals surface area (Å²) in [5.41, 5.74) is 0.209. The Bertz CT molecular complexity index is 906. The second kappa shape index (κ2) is 9.75. The minimum Gasteiger partial charge on any atom is -0.203 e. The lowest BCUT2D eigenvalue weighted by Crippen LogP contribution is -2.23. The van der Waals surface area contributed by atoms with Gasteiger partial charge >= 0.3 is 0 Å². The predicted octanol–water partition coefficient (Wildman–Crippen LogP) is 8.72. The molecule has 0 N–H and O–H groups in total. The summed E-state index contributed by atoms with van der Waals surface area (Å²) in [5.74, 6) is -2.55. The first kappa shape index (κ1) is 22.4. The van der Waals surface area contributed by atoms with Gasteiger partial charge in [0.1, 0.15) is 0 Å². The Morgan fingerprint density at radius 3 is 1.87 bits per heavy atom. The molecule has 2 aromatic rings. The quantitative estimate of drug-likeness (QED) is 0.414. The molecule has 31 heavy (non-hydrogen) atoms. The number of benzene rings is 2. The van der Waals surface area contributed by atoms with Crippen LogP contribution in [0, 0.1) is 35.1 Å². The largest absolute Gasteiger partial charge is 0.203 e. The molecule has 168 valence electrons. The third-order valence-electron chi connectivity index (χ3n) is 7.61. The van der Waals surface area contributed by atoms with Crippen molar-refractivity contribution >= 4 is 0 Å². The minimum absolute atomic E-state index is 0.00287. The van der Waals surface area contributed by atoms with Crippen LogP contribution in [0.3, 0.4) is 0 Å². The Morgan fingerprint density at radius 2 is 1.23 bits per heavy atom. The van der Waals surface area contributed by atoms with Crippen LogP contribution in [0.15, 0.2) is 24.3 Å². The Labute approximate surface area is 183 Å². The standard InChI is InChI=1S/C27H32F4/c1-2-6-20-13-14-22(26(30)24(20)28)23-16-15-21(25(29)27(23)31)19-11-9-18(10-12-19)17-7-4-3-5-8-17/h13-19H,2-12H2,1H3. The van der Waals surface area contributed by atoms with Crippen LogP contribution in [0.1, 0.15) is 88.2 Å². The summed E-state index contributed by atoms with van der Waals surface area (Å²) in [6.45, 7) is 1.88. The zero-order valence-corrected chi connectivity index (χ0v) is 18.3. The summed E-state index contributed by atoms with van der Waals surface area (Å²) in [4.78, 5) is 0. The molecule has 2 aliphatic rings. The summed E-state index contributed by atoms with van der Waals surface area (Å²) in [7, 11) is 0. The van der Waals surface area contributed by atoms with Gasteiger partial charge in [0, 0.05) is 11.1 Å². The maximum atomic E-state index is 15.0. The van der Waals surface area contributed by atoms with Gasteiger partial charge in [-0.25, -0.2) is 17.6 Å². The van der Waals surface area contributed by atoms with Crippen molar-refractivity contribution in [3.8, 4) is 11.1 Å². The summed E-state index contributed by atoms with van der Waals surface area (Å²) < 4.78 is 58.9. The zero-order chi connectivity index (χ0) is 22.0. The number of aryl methyl sites for hydroxylation is 1. The molecule has 0 spiro atoms. The van der Waals surface area contributed by atoms with Gasteiger partial charge in [0.15, 0.2) is 23.3 Å². The molecule has 2 fully saturated rings. The first-order chi connectivity index (χ1) is 15.0. The van der Waals surface area contributed by atoms with Crippen LogP contribution in [0.5, 0.6) is 0 Å². The van der Waals surface area contributed by atoms with Crippen LogP contribution in [0.2, 0.25) is 0 Å². The van der Waals surface area contributed by atoms with E-state index in [2.05, 4.69) is 0 Å². The molecular weight excluding hydrogens is 400 g/mol. The van der Waals surface area contributed by atoms with Crippen molar-refractivity contribution in [2.45, 2.75) is 83.5 Å². The van der Waals surface area contributed by atoms with Crippen LogP contribution < -0.4 is 0 Å². The molecule has 0 aromatic heterocycles. The van der Waals surface area contributed by atoms with Crippen molar-refractivity contribution in [3.05, 3.63) is 58.7 Å². The molecule has 0 saturated heterocycles. The fraction of sp³-hybridized carbons (Fsp3) is 0.556. The van der Waals surface area contributed by atoms with E-state index in [1.54, 1.807) is 6.07 Å². The average Bonchev–Trinajstić information content (AvgIpc) is 2.80. The van der Waals surface area contributed by atoms with Gasteiger partial charge in [-0.1, -0.05) is 69.7 Å². The predicted molar refractivity (Wildman–Crippen MR) is 117 cm³/mol. The van der Waals surface area contributed by atoms with Gasteiger partial charge in [0.05, 0.1) is 0 Å². The molecular formula is C27H32F4. The van der Waals surface area contributed by atoms with Crippen molar-refractivity contribution in [1.29, 1.82) is 0 Å². The SMILES string of the molecule is CCCc1ccc(-c2ccc(C3CCC(C4CCCCC4)CC3)c(F)c2F)c(F)c1F. The van der Waals surface area contributed by atoms with Gasteiger partial charge in [-0.3, -0.25) is 0 Å². The van der Waals surface area contributed by atoms with Crippen molar-refractivity contribution in [1.82, 2.24) is 0 Å². The summed E-state index contributed by atoms with van der Waals surface area (Å²) in [5, 5.41) is 0. The van der Waals surface area contributed by atoms with E-state index >= 15 is 4.39 Å². The number of halogens is 4. The molecule has 4 heteroatoms. The molecule has 0 unspecified atom stereocenters. The third-order valence-corrected chi connectivity index (χ3v) is 7.61. The fourth-order valence-corrected chi connectivity index (χ4v) is 5.85. The molecule has 0 aliphatic heterocycles. The highest BCUT2D eigenvalue weighted by Gasteiger charge is 2.31. The maximum Gasteiger partial charge on any atom is 0.167 e. The lowest BCUT2D eigenvalue weighted by Gasteiger charge is -2.36. The second-order valence-electron chi connectivity index (χ2n) is 9.49. The van der Waals surface area contributed by atoms with E-state index < -0.39 is 23.3 Å². The Kier molecular flexibility index (Phi) is 7.03. The van der Waals surface area contributed by atoms with Crippen LogP contribution in [-0.2, 0) is 6.42 Å². The van der Waals surface area contributed by atoms with Crippen LogP contribution in [-0.4, -0.2) is 0 Å². The van der Waals surface area contributed by atoms with E-state index in [1.807, 2.05) is 6.92 Å². The van der Waals surface area contributed by atoms with Gasteiger partial charge in [0.25, 0.3) is 0 Å². The molecule has 0 radical (unpaired) electrons. The van der Waals surface area contributed by atoms with Crippen molar-refractivity contribution in [2.75, 3.05) is 0 Å². The Hall–Kier alpha value is -1.84. The molecule has 0 bridgehead atoms. The highest BCUT2D eigenvalue weighted by molar-refractivity contribution is 5.66. The molecule has 2 aliphatic carbocycles. The zero-order valence-electron chi connectivity index (χ0n) is 18.3. The first-order valence-corrected chi connectivity index (χ1v) is 12.0. The summed E-state index contributed by atoms with van der Waals surface area (Å²) in [6, 6.07) is 5.82. The van der Waals surface area contributed by atoms with E-state index in [9.17, 15) is 13.2 Å². The topological polar surface area (TPSA) is 0 Å². The number of rotatable bonds is 5. The Balaban J connectivity index is 1.53. The molecule has 0 amide bonds. The van der Waals surface area contributed by atoms with Gasteiger partial charge in [-0.05, 0) is 61.0 Å². The smallest absolute Gasteiger partial charge is 0.167 e. The highest BCUT2D eigenvalue weighted by Crippen LogP contribution is 2.44. The molecule has 0 nitrogen and oxygen atoms in total. The highest BCUT2D eigenvalue weighted by atomic mass is 19.2. The van der Waals surface area contributed by atoms with E-state index in [0.29, 0.717) is 24.3 Å². The molecule has 2 aromatic carbocycles. The summed E-state index contributed by atoms with van der Waals surface area (Å²) in [6.07, 6.45) is 11.6. The molecule has 0 heterocycles. The molecule has 2 saturated carbocycles. The fourth-order valence-electron chi connectivity index (χ4n) is 5.85. The van der Waals surface area contributed by atoms with Crippen LogP contribution in [0.4, 0.5) is 17.6 Å². The Morgan fingerprint density at radius 1 is 0.645 bits per heavy atom. The molecule has 4 rings (SSSR count). The second-order valence-corrected chi connectivity index (χ2v) is 9.49. The van der Waals surface area contributed by atoms with Gasteiger partial charge < -0.3 is 0 Å². The van der Waals surface area contributed by atoms with Crippen molar-refractivity contribution < 1.29 is 17.6 Å². The monoisotopic (exact) mass is 432 g/mol. The van der Waals surface area contributed by atoms with Crippen molar-refractivity contribution in [2.24, 2.45) is 11.8 Å². The van der Waals surface area contributed by atoms with Gasteiger partial charge in [0.2, 0.25) is 0 Å². The van der Waals surface area contributed by atoms with E-state index in [0.717, 1.165) is 31.6 Å². The number of hydrogen-bond donors (Lipinski definition) is 0. The van der Waals surface area contributed by atoms with E-state index in [-0.39, 0.29) is 22.6 Å². The van der Waals surface area contributed by atoms with E-state index in [4.69, 9.17) is 0 Å². The van der Waals surface area contributed by atoms with Crippen molar-refractivity contribution in [3.63, 3.8) is 0 Å². The van der Waals surface area contributed by atoms with Crippen LogP contribution >= 0.6 is 0 Å². The summed E-state index contributed by atoms with van der Waals surface area (Å²) >= 11 is 0. The average molecular weight is 433 g/mol. The normalized spacial score (nSPS) is 22.6. The first-order valence-electron chi connectivity index (χ1n) is 12.0. The number of hydrogen-bond acceptors (Lipinski definition) is 0. The maximum absolute atomic E-state index is 15.0. The van der Waals surface area contributed by atoms with Crippen LogP contribution in [0.25, 0.3) is 11.1 Å². The third kappa shape index (κ3) is 4.54. The lowest BCUT2D eigenvalue weighted by molar-refractivity contribution is 0.185. The lowest BCUT2D eigenvalue weighted by atomic mass is 9.70. The molecule has 0 atom stereocenters. The van der Waals surface area contributed by atoms with Gasteiger partial charge in [-0.2, -0.15) is 0 Å². The van der Waals surface area contributed by atoms with Gasteiger partial charge in [-0.15, -0.1) is 0 Å². The van der Waals surface area contributed by atoms with E-state index in [1.165, 1.54) is 50.3 Å².